The van der Waals surface area contributed by atoms with Gasteiger partial charge in [0.15, 0.2) is 0 Å². The van der Waals surface area contributed by atoms with E-state index in [0.29, 0.717) is 0 Å². The van der Waals surface area contributed by atoms with Gasteiger partial charge in [-0.2, -0.15) is 0 Å². The van der Waals surface area contributed by atoms with Crippen molar-refractivity contribution >= 4 is 17.3 Å². The fourth-order valence-electron chi connectivity index (χ4n) is 1.10. The Hall–Kier alpha value is -0.870. The number of ether oxygens (including phenoxy) is 1. The number of carbonyl (C=O) groups excluding carboxylic acids is 1. The highest BCUT2D eigenvalue weighted by Crippen LogP contribution is 2.19. The second-order valence-electron chi connectivity index (χ2n) is 3.13. The van der Waals surface area contributed by atoms with Crippen LogP contribution in [0.2, 0.25) is 0 Å². The van der Waals surface area contributed by atoms with Gasteiger partial charge in [0.05, 0.1) is 13.7 Å². The van der Waals surface area contributed by atoms with Crippen molar-refractivity contribution < 1.29 is 9.53 Å². The Labute approximate surface area is 88.1 Å². The molecule has 0 bridgehead atoms. The third-order valence-corrected chi connectivity index (χ3v) is 3.17. The van der Waals surface area contributed by atoms with Crippen LogP contribution in [0.5, 0.6) is 0 Å². The molecule has 0 radical (unpaired) electrons. The number of hydrogen-bond acceptors (Lipinski definition) is 4. The molecule has 14 heavy (non-hydrogen) atoms. The standard InChI is InChI=1S/C10H15NO2S/c1-7-4-9(14-8(7)2)5-11-6-10(12)13-3/h4,11H,5-6H2,1-3H3. The molecule has 4 heteroatoms. The fraction of sp³-hybridized carbons (Fsp3) is 0.500. The van der Waals surface area contributed by atoms with Crippen molar-refractivity contribution in [1.29, 1.82) is 0 Å². The molecule has 78 valence electrons. The Balaban J connectivity index is 2.35. The van der Waals surface area contributed by atoms with Crippen LogP contribution in [0, 0.1) is 13.8 Å². The molecule has 0 saturated heterocycles. The van der Waals surface area contributed by atoms with E-state index < -0.39 is 0 Å². The zero-order valence-electron chi connectivity index (χ0n) is 8.72. The van der Waals surface area contributed by atoms with Crippen LogP contribution in [0.15, 0.2) is 6.07 Å². The topological polar surface area (TPSA) is 38.3 Å². The summed E-state index contributed by atoms with van der Waals surface area (Å²) in [4.78, 5) is 13.4. The Kier molecular flexibility index (Phi) is 4.10. The van der Waals surface area contributed by atoms with Crippen molar-refractivity contribution in [1.82, 2.24) is 5.32 Å². The number of aryl methyl sites for hydroxylation is 2. The maximum Gasteiger partial charge on any atom is 0.319 e. The van der Waals surface area contributed by atoms with Crippen molar-refractivity contribution in [3.05, 3.63) is 21.4 Å². The molecular weight excluding hydrogens is 198 g/mol. The van der Waals surface area contributed by atoms with Crippen molar-refractivity contribution in [2.24, 2.45) is 0 Å². The molecule has 1 heterocycles. The number of hydrogen-bond donors (Lipinski definition) is 1. The SMILES string of the molecule is COC(=O)CNCc1cc(C)c(C)s1. The van der Waals surface area contributed by atoms with Gasteiger partial charge in [0.25, 0.3) is 0 Å². The third kappa shape index (κ3) is 3.12. The summed E-state index contributed by atoms with van der Waals surface area (Å²) in [5, 5.41) is 3.03. The first kappa shape index (κ1) is 11.2. The normalized spacial score (nSPS) is 10.2. The van der Waals surface area contributed by atoms with Crippen LogP contribution in [-0.4, -0.2) is 19.6 Å². The van der Waals surface area contributed by atoms with Gasteiger partial charge in [-0.1, -0.05) is 0 Å². The Morgan fingerprint density at radius 3 is 2.79 bits per heavy atom. The first-order valence-electron chi connectivity index (χ1n) is 4.47. The highest BCUT2D eigenvalue weighted by Gasteiger charge is 2.02. The molecule has 0 unspecified atom stereocenters. The molecule has 0 aliphatic heterocycles. The Bertz CT molecular complexity index is 300. The van der Waals surface area contributed by atoms with Crippen molar-refractivity contribution in [3.63, 3.8) is 0 Å². The van der Waals surface area contributed by atoms with Crippen LogP contribution in [-0.2, 0) is 16.1 Å². The summed E-state index contributed by atoms with van der Waals surface area (Å²) in [5.41, 5.74) is 1.31. The maximum atomic E-state index is 10.8. The van der Waals surface area contributed by atoms with E-state index in [1.807, 2.05) is 0 Å². The lowest BCUT2D eigenvalue weighted by atomic mass is 10.3. The Morgan fingerprint density at radius 1 is 1.57 bits per heavy atom. The van der Waals surface area contributed by atoms with Crippen LogP contribution in [0.1, 0.15) is 15.3 Å². The number of nitrogens with one attached hydrogen (secondary N) is 1. The molecule has 3 nitrogen and oxygen atoms in total. The minimum atomic E-state index is -0.227. The molecule has 1 aromatic rings. The molecule has 0 aromatic carbocycles. The molecule has 0 atom stereocenters. The minimum absolute atomic E-state index is 0.227. The predicted molar refractivity (Wildman–Crippen MR) is 57.5 cm³/mol. The fourth-order valence-corrected chi connectivity index (χ4v) is 2.12. The minimum Gasteiger partial charge on any atom is -0.468 e. The average molecular weight is 213 g/mol. The van der Waals surface area contributed by atoms with E-state index in [1.165, 1.54) is 22.4 Å². The van der Waals surface area contributed by atoms with Gasteiger partial charge in [-0.05, 0) is 25.5 Å². The summed E-state index contributed by atoms with van der Waals surface area (Å²) in [6.45, 7) is 5.19. The maximum absolute atomic E-state index is 10.8. The van der Waals surface area contributed by atoms with Crippen LogP contribution < -0.4 is 5.32 Å². The molecule has 0 amide bonds. The second kappa shape index (κ2) is 5.12. The van der Waals surface area contributed by atoms with Crippen molar-refractivity contribution in [2.45, 2.75) is 20.4 Å². The molecule has 1 aromatic heterocycles. The summed E-state index contributed by atoms with van der Waals surface area (Å²) >= 11 is 1.76. The number of carbonyl (C=O) groups is 1. The molecule has 0 fully saturated rings. The highest BCUT2D eigenvalue weighted by molar-refractivity contribution is 7.12. The smallest absolute Gasteiger partial charge is 0.319 e. The van der Waals surface area contributed by atoms with Gasteiger partial charge in [-0.25, -0.2) is 0 Å². The van der Waals surface area contributed by atoms with Crippen LogP contribution in [0.3, 0.4) is 0 Å². The predicted octanol–water partition coefficient (Wildman–Crippen LogP) is 1.63. The highest BCUT2D eigenvalue weighted by atomic mass is 32.1. The summed E-state index contributed by atoms with van der Waals surface area (Å²) in [6.07, 6.45) is 0. The third-order valence-electron chi connectivity index (χ3n) is 2.01. The molecular formula is C10H15NO2S. The second-order valence-corrected chi connectivity index (χ2v) is 4.47. The molecule has 1 N–H and O–H groups in total. The number of thiophene rings is 1. The van der Waals surface area contributed by atoms with E-state index in [0.717, 1.165) is 6.54 Å². The first-order valence-corrected chi connectivity index (χ1v) is 5.28. The lowest BCUT2D eigenvalue weighted by molar-refractivity contribution is -0.139. The van der Waals surface area contributed by atoms with E-state index in [-0.39, 0.29) is 12.5 Å². The summed E-state index contributed by atoms with van der Waals surface area (Å²) in [6, 6.07) is 2.14. The van der Waals surface area contributed by atoms with Gasteiger partial charge in [-0.15, -0.1) is 11.3 Å². The summed E-state index contributed by atoms with van der Waals surface area (Å²) in [7, 11) is 1.39. The van der Waals surface area contributed by atoms with Gasteiger partial charge < -0.3 is 10.1 Å². The Morgan fingerprint density at radius 2 is 2.29 bits per heavy atom. The number of esters is 1. The van der Waals surface area contributed by atoms with Gasteiger partial charge in [-0.3, -0.25) is 4.79 Å². The lowest BCUT2D eigenvalue weighted by Gasteiger charge is -2.00. The number of methoxy groups -OCH3 is 1. The zero-order chi connectivity index (χ0) is 10.6. The van der Waals surface area contributed by atoms with Crippen molar-refractivity contribution in [2.75, 3.05) is 13.7 Å². The van der Waals surface area contributed by atoms with E-state index in [1.54, 1.807) is 11.3 Å². The van der Waals surface area contributed by atoms with E-state index in [4.69, 9.17) is 0 Å². The molecule has 1 rings (SSSR count). The van der Waals surface area contributed by atoms with Gasteiger partial charge in [0.2, 0.25) is 0 Å². The zero-order valence-corrected chi connectivity index (χ0v) is 9.53. The van der Waals surface area contributed by atoms with Gasteiger partial charge in [0.1, 0.15) is 0 Å². The monoisotopic (exact) mass is 213 g/mol. The first-order chi connectivity index (χ1) is 6.63. The lowest BCUT2D eigenvalue weighted by Crippen LogP contribution is -2.22. The van der Waals surface area contributed by atoms with E-state index in [2.05, 4.69) is 30.0 Å². The van der Waals surface area contributed by atoms with Crippen molar-refractivity contribution in [3.8, 4) is 0 Å². The number of rotatable bonds is 4. The van der Waals surface area contributed by atoms with Gasteiger partial charge >= 0.3 is 5.97 Å². The quantitative estimate of drug-likeness (QED) is 0.772. The van der Waals surface area contributed by atoms with Crippen LogP contribution in [0.25, 0.3) is 0 Å². The molecule has 0 saturated carbocycles. The van der Waals surface area contributed by atoms with Gasteiger partial charge in [0, 0.05) is 16.3 Å². The molecule has 0 aliphatic carbocycles. The van der Waals surface area contributed by atoms with E-state index in [9.17, 15) is 4.79 Å². The van der Waals surface area contributed by atoms with Crippen LogP contribution >= 0.6 is 11.3 Å². The largest absolute Gasteiger partial charge is 0.468 e. The average Bonchev–Trinajstić information content (AvgIpc) is 2.46. The molecule has 0 spiro atoms. The van der Waals surface area contributed by atoms with E-state index >= 15 is 0 Å². The summed E-state index contributed by atoms with van der Waals surface area (Å²) in [5.74, 6) is -0.227. The molecule has 0 aliphatic rings. The summed E-state index contributed by atoms with van der Waals surface area (Å²) < 4.78 is 4.52. The van der Waals surface area contributed by atoms with Crippen LogP contribution in [0.4, 0.5) is 0 Å².